The van der Waals surface area contributed by atoms with Crippen molar-refractivity contribution in [2.75, 3.05) is 4.90 Å². The van der Waals surface area contributed by atoms with E-state index in [1.807, 2.05) is 0 Å². The number of hydrogen-bond acceptors (Lipinski definition) is 1. The lowest BCUT2D eigenvalue weighted by Gasteiger charge is -2.45. The highest BCUT2D eigenvalue weighted by molar-refractivity contribution is 7.00. The molecule has 4 heteroatoms. The smallest absolute Gasteiger partial charge is 0.252 e. The Balaban J connectivity index is 1.16. The minimum Gasteiger partial charge on any atom is -0.310 e. The zero-order valence-corrected chi connectivity index (χ0v) is 55.6. The maximum absolute atomic E-state index is 2.82. The topological polar surface area (TPSA) is 13.1 Å². The van der Waals surface area contributed by atoms with Gasteiger partial charge in [0.2, 0.25) is 0 Å². The molecule has 0 saturated carbocycles. The quantitative estimate of drug-likeness (QED) is 0.145. The van der Waals surface area contributed by atoms with Gasteiger partial charge in [0.25, 0.3) is 6.71 Å². The summed E-state index contributed by atoms with van der Waals surface area (Å²) in [4.78, 5) is 2.63. The average molecular weight is 1140 g/mol. The molecule has 0 bridgehead atoms. The molecular formula is C83H88BN3. The molecule has 438 valence electrons. The van der Waals surface area contributed by atoms with Gasteiger partial charge in [-0.05, 0) is 194 Å². The van der Waals surface area contributed by atoms with Gasteiger partial charge in [-0.15, -0.1) is 0 Å². The summed E-state index contributed by atoms with van der Waals surface area (Å²) in [6, 6.07) is 60.3. The first kappa shape index (κ1) is 56.0. The van der Waals surface area contributed by atoms with Crippen LogP contribution in [-0.4, -0.2) is 15.8 Å². The number of anilines is 3. The molecule has 0 atom stereocenters. The van der Waals surface area contributed by atoms with E-state index in [0.29, 0.717) is 23.7 Å². The van der Waals surface area contributed by atoms with Gasteiger partial charge in [0.05, 0.1) is 27.7 Å². The van der Waals surface area contributed by atoms with Gasteiger partial charge in [-0.1, -0.05) is 229 Å². The van der Waals surface area contributed by atoms with Crippen LogP contribution in [0.15, 0.2) is 146 Å². The Morgan fingerprint density at radius 2 is 0.931 bits per heavy atom. The summed E-state index contributed by atoms with van der Waals surface area (Å²) >= 11 is 0. The minimum absolute atomic E-state index is 0.0631. The summed E-state index contributed by atoms with van der Waals surface area (Å²) in [6.07, 6.45) is 0. The van der Waals surface area contributed by atoms with Crippen molar-refractivity contribution in [3.8, 4) is 22.5 Å². The monoisotopic (exact) mass is 1140 g/mol. The predicted octanol–water partition coefficient (Wildman–Crippen LogP) is 20.9. The fourth-order valence-electron chi connectivity index (χ4n) is 16.1. The third-order valence-electron chi connectivity index (χ3n) is 21.2. The molecule has 5 heterocycles. The van der Waals surface area contributed by atoms with Crippen molar-refractivity contribution in [3.05, 3.63) is 212 Å². The summed E-state index contributed by atoms with van der Waals surface area (Å²) in [5.74, 6) is 1.45. The van der Waals surface area contributed by atoms with Crippen molar-refractivity contribution in [1.29, 1.82) is 0 Å². The van der Waals surface area contributed by atoms with E-state index >= 15 is 0 Å². The Morgan fingerprint density at radius 3 is 1.51 bits per heavy atom. The second-order valence-electron chi connectivity index (χ2n) is 32.2. The normalized spacial score (nSPS) is 14.7. The molecule has 0 N–H and O–H groups in total. The minimum atomic E-state index is -0.635. The van der Waals surface area contributed by atoms with Crippen molar-refractivity contribution >= 4 is 83.8 Å². The van der Waals surface area contributed by atoms with E-state index in [0.717, 1.165) is 0 Å². The number of nitrogens with zero attached hydrogens (tertiary/aromatic N) is 3. The van der Waals surface area contributed by atoms with E-state index in [-0.39, 0.29) is 28.4 Å². The van der Waals surface area contributed by atoms with Crippen LogP contribution in [0.2, 0.25) is 0 Å². The Labute approximate surface area is 518 Å². The first-order valence-electron chi connectivity index (χ1n) is 32.8. The second-order valence-corrected chi connectivity index (χ2v) is 32.2. The van der Waals surface area contributed by atoms with Gasteiger partial charge in [-0.2, -0.15) is 0 Å². The van der Waals surface area contributed by atoms with E-state index in [4.69, 9.17) is 0 Å². The van der Waals surface area contributed by atoms with Gasteiger partial charge in [0, 0.05) is 49.8 Å². The first-order chi connectivity index (χ1) is 41.0. The summed E-state index contributed by atoms with van der Waals surface area (Å²) in [6.45, 7) is 47.6. The highest BCUT2D eigenvalue weighted by atomic mass is 15.2. The van der Waals surface area contributed by atoms with Crippen molar-refractivity contribution in [2.45, 2.75) is 189 Å². The Hall–Kier alpha value is -7.56. The first-order valence-corrected chi connectivity index (χ1v) is 32.8. The number of hydrogen-bond donors (Lipinski definition) is 0. The molecule has 0 radical (unpaired) electrons. The maximum atomic E-state index is 2.82. The van der Waals surface area contributed by atoms with Crippen LogP contribution in [0, 0.1) is 0 Å². The Kier molecular flexibility index (Phi) is 11.8. The molecule has 15 rings (SSSR count). The van der Waals surface area contributed by atoms with E-state index in [1.54, 1.807) is 0 Å². The van der Waals surface area contributed by atoms with E-state index in [1.165, 1.54) is 166 Å². The fraction of sp³-hybridized carbons (Fsp3) is 0.349. The van der Waals surface area contributed by atoms with Gasteiger partial charge < -0.3 is 14.0 Å². The molecule has 87 heavy (non-hydrogen) atoms. The molecule has 0 saturated heterocycles. The number of aromatic nitrogens is 2. The summed E-state index contributed by atoms with van der Waals surface area (Å²) in [7, 11) is 0. The lowest BCUT2D eigenvalue weighted by atomic mass is 9.33. The van der Waals surface area contributed by atoms with Crippen LogP contribution in [0.25, 0.3) is 66.1 Å². The third kappa shape index (κ3) is 7.74. The molecule has 1 aliphatic carbocycles. The zero-order chi connectivity index (χ0) is 61.4. The summed E-state index contributed by atoms with van der Waals surface area (Å²) < 4.78 is 5.57. The molecule has 0 unspecified atom stereocenters. The van der Waals surface area contributed by atoms with Crippen LogP contribution >= 0.6 is 0 Å². The van der Waals surface area contributed by atoms with Crippen LogP contribution in [0.5, 0.6) is 0 Å². The highest BCUT2D eigenvalue weighted by Gasteiger charge is 2.55. The van der Waals surface area contributed by atoms with Crippen molar-refractivity contribution in [1.82, 2.24) is 9.13 Å². The van der Waals surface area contributed by atoms with Crippen LogP contribution in [-0.2, 0) is 27.1 Å². The number of rotatable bonds is 7. The molecule has 0 fully saturated rings. The average Bonchev–Trinajstić information content (AvgIpc) is 1.53. The molecule has 9 aromatic carbocycles. The molecule has 0 amide bonds. The maximum Gasteiger partial charge on any atom is 0.252 e. The van der Waals surface area contributed by atoms with Gasteiger partial charge in [0.1, 0.15) is 0 Å². The van der Waals surface area contributed by atoms with E-state index < -0.39 is 5.41 Å². The van der Waals surface area contributed by atoms with Crippen LogP contribution in [0.4, 0.5) is 17.1 Å². The van der Waals surface area contributed by atoms with Crippen molar-refractivity contribution in [2.24, 2.45) is 0 Å². The third-order valence-corrected chi connectivity index (χ3v) is 21.2. The molecule has 11 aromatic rings. The molecule has 4 aliphatic rings. The molecule has 3 aliphatic heterocycles. The standard InChI is InChI=1S/C83H88BN3/c1-45(2)49-22-21-23-57(35-49)85(58-36-51(47(5)6)34-52(37-58)48(7)8)70-33-31-68-78-73(70)61-27-24-50(46(3)4)38-72(61)86(78)71-32-30-64-77-74(71)84(68)69-44-56(82(18,19)20)40-63-62-39-55(81(15,16)17)43-67(75(62)87(77)76(63)69)83(64)65-41-53(79(9,10)11)25-28-59(65)60-29-26-54(42-66(60)83)80(12,13)14/h21-48H,1-20H3. The lowest BCUT2D eigenvalue weighted by Crippen LogP contribution is -2.60. The van der Waals surface area contributed by atoms with Gasteiger partial charge in [0.15, 0.2) is 0 Å². The van der Waals surface area contributed by atoms with Crippen molar-refractivity contribution < 1.29 is 0 Å². The zero-order valence-electron chi connectivity index (χ0n) is 55.6. The fourth-order valence-corrected chi connectivity index (χ4v) is 16.1. The summed E-state index contributed by atoms with van der Waals surface area (Å²) in [5.41, 5.74) is 34.0. The Bertz CT molecular complexity index is 4710. The van der Waals surface area contributed by atoms with Crippen LogP contribution < -0.4 is 21.3 Å². The number of benzene rings is 9. The Morgan fingerprint density at radius 1 is 0.391 bits per heavy atom. The molecule has 2 aromatic heterocycles. The van der Waals surface area contributed by atoms with Crippen LogP contribution in [0.1, 0.15) is 229 Å². The summed E-state index contributed by atoms with van der Waals surface area (Å²) in [5, 5.41) is 5.33. The second kappa shape index (κ2) is 18.3. The van der Waals surface area contributed by atoms with Gasteiger partial charge in [-0.25, -0.2) is 0 Å². The molecule has 3 nitrogen and oxygen atoms in total. The lowest BCUT2D eigenvalue weighted by molar-refractivity contribution is 0.583. The largest absolute Gasteiger partial charge is 0.310 e. The van der Waals surface area contributed by atoms with Crippen LogP contribution in [0.3, 0.4) is 0 Å². The van der Waals surface area contributed by atoms with Gasteiger partial charge >= 0.3 is 0 Å². The highest BCUT2D eigenvalue weighted by Crippen LogP contribution is 2.63. The van der Waals surface area contributed by atoms with E-state index in [2.05, 4.69) is 298 Å². The number of fused-ring (bicyclic) bond motifs is 14. The predicted molar refractivity (Wildman–Crippen MR) is 376 cm³/mol. The molecule has 1 spiro atoms. The van der Waals surface area contributed by atoms with Crippen molar-refractivity contribution in [3.63, 3.8) is 0 Å². The molecular weight excluding hydrogens is 1050 g/mol. The SMILES string of the molecule is CC(C)c1cccc(N(c2cc(C(C)C)cc(C(C)C)c2)c2ccc3c4c2c2ccc(C(C)C)cc2n4-c2ccc4c5c2B3c2cc(C(C)(C)C)cc3c6cc(C(C)(C)C)cc(c6n-5c23)C42c3cc(C(C)(C)C)ccc3-c3ccc(C(C)(C)C)cc32)c1. The van der Waals surface area contributed by atoms with E-state index in [9.17, 15) is 0 Å². The van der Waals surface area contributed by atoms with Gasteiger partial charge in [-0.3, -0.25) is 0 Å².